The highest BCUT2D eigenvalue weighted by Gasteiger charge is 2.03. The summed E-state index contributed by atoms with van der Waals surface area (Å²) in [4.78, 5) is 13.4. The molecule has 0 bridgehead atoms. The molecule has 0 aliphatic rings. The van der Waals surface area contributed by atoms with Gasteiger partial charge in [0.25, 0.3) is 0 Å². The van der Waals surface area contributed by atoms with Gasteiger partial charge in [-0.05, 0) is 12.1 Å². The molecule has 0 atom stereocenters. The first-order chi connectivity index (χ1) is 7.18. The molecule has 0 aliphatic heterocycles. The molecule has 4 heteroatoms. The van der Waals surface area contributed by atoms with Gasteiger partial charge in [-0.3, -0.25) is 0 Å². The van der Waals surface area contributed by atoms with Crippen molar-refractivity contribution >= 4 is 34.5 Å². The van der Waals surface area contributed by atoms with E-state index in [-0.39, 0.29) is 0 Å². The third-order valence-corrected chi connectivity index (χ3v) is 2.42. The fraction of sp³-hybridized carbons (Fsp3) is 0. The van der Waals surface area contributed by atoms with Gasteiger partial charge in [0.1, 0.15) is 0 Å². The van der Waals surface area contributed by atoms with Crippen molar-refractivity contribution in [2.45, 2.75) is 0 Å². The number of aromatic amines is 1. The lowest BCUT2D eigenvalue weighted by Gasteiger charge is -1.93. The molecule has 0 aliphatic carbocycles. The van der Waals surface area contributed by atoms with E-state index in [1.807, 2.05) is 12.1 Å². The Kier molecular flexibility index (Phi) is 2.47. The van der Waals surface area contributed by atoms with E-state index in [0.29, 0.717) is 5.02 Å². The Labute approximate surface area is 91.0 Å². The fourth-order valence-electron chi connectivity index (χ4n) is 1.44. The highest BCUT2D eigenvalue weighted by atomic mass is 35.5. The number of benzene rings is 1. The zero-order chi connectivity index (χ0) is 10.8. The van der Waals surface area contributed by atoms with Crippen LogP contribution < -0.4 is 0 Å². The maximum absolute atomic E-state index is 10.4. The molecule has 76 valence electrons. The number of halogens is 1. The number of carboxylic acid groups (broad SMARTS) is 1. The van der Waals surface area contributed by atoms with Crippen molar-refractivity contribution < 1.29 is 9.90 Å². The summed E-state index contributed by atoms with van der Waals surface area (Å²) in [5.41, 5.74) is 1.64. The van der Waals surface area contributed by atoms with E-state index in [1.165, 1.54) is 6.08 Å². The number of fused-ring (bicyclic) bond motifs is 1. The van der Waals surface area contributed by atoms with Gasteiger partial charge in [0.15, 0.2) is 0 Å². The molecule has 0 spiro atoms. The van der Waals surface area contributed by atoms with E-state index in [2.05, 4.69) is 4.98 Å². The summed E-state index contributed by atoms with van der Waals surface area (Å²) in [6, 6.07) is 5.50. The second-order valence-corrected chi connectivity index (χ2v) is 3.49. The van der Waals surface area contributed by atoms with Crippen LogP contribution in [0, 0.1) is 0 Å². The second kappa shape index (κ2) is 3.79. The van der Waals surface area contributed by atoms with E-state index < -0.39 is 5.97 Å². The van der Waals surface area contributed by atoms with Crippen LogP contribution in [0.1, 0.15) is 5.56 Å². The van der Waals surface area contributed by atoms with Gasteiger partial charge in [-0.15, -0.1) is 0 Å². The quantitative estimate of drug-likeness (QED) is 0.766. The maximum Gasteiger partial charge on any atom is 0.328 e. The van der Waals surface area contributed by atoms with Gasteiger partial charge < -0.3 is 10.1 Å². The van der Waals surface area contributed by atoms with Crippen molar-refractivity contribution in [3.05, 3.63) is 41.1 Å². The van der Waals surface area contributed by atoms with Gasteiger partial charge in [-0.25, -0.2) is 4.79 Å². The average molecular weight is 222 g/mol. The van der Waals surface area contributed by atoms with Crippen molar-refractivity contribution in [1.29, 1.82) is 0 Å². The zero-order valence-corrected chi connectivity index (χ0v) is 8.45. The summed E-state index contributed by atoms with van der Waals surface area (Å²) in [5, 5.41) is 10.1. The summed E-state index contributed by atoms with van der Waals surface area (Å²) >= 11 is 5.96. The molecule has 2 aromatic rings. The lowest BCUT2D eigenvalue weighted by molar-refractivity contribution is -0.131. The lowest BCUT2D eigenvalue weighted by atomic mass is 10.1. The second-order valence-electron chi connectivity index (χ2n) is 3.08. The first-order valence-corrected chi connectivity index (χ1v) is 4.73. The molecule has 1 heterocycles. The minimum Gasteiger partial charge on any atom is -0.478 e. The van der Waals surface area contributed by atoms with Crippen molar-refractivity contribution in [2.24, 2.45) is 0 Å². The van der Waals surface area contributed by atoms with E-state index in [0.717, 1.165) is 22.5 Å². The minimum absolute atomic E-state index is 0.627. The van der Waals surface area contributed by atoms with Gasteiger partial charge >= 0.3 is 5.97 Å². The van der Waals surface area contributed by atoms with Crippen LogP contribution in [0.25, 0.3) is 17.0 Å². The van der Waals surface area contributed by atoms with Gasteiger partial charge in [0.2, 0.25) is 0 Å². The number of rotatable bonds is 2. The maximum atomic E-state index is 10.4. The molecule has 1 aromatic heterocycles. The molecule has 0 saturated carbocycles. The standard InChI is InChI=1S/C11H8ClNO2/c12-9-3-1-2-8-7(4-5-10(14)15)6-13-11(8)9/h1-6,13H,(H,14,15)/b5-4+. The van der Waals surface area contributed by atoms with Crippen LogP contribution in [-0.2, 0) is 4.79 Å². The number of carboxylic acids is 1. The highest BCUT2D eigenvalue weighted by molar-refractivity contribution is 6.35. The summed E-state index contributed by atoms with van der Waals surface area (Å²) in [6.45, 7) is 0. The molecule has 0 saturated heterocycles. The molecule has 0 fully saturated rings. The van der Waals surface area contributed by atoms with Crippen LogP contribution in [0.3, 0.4) is 0 Å². The Morgan fingerprint density at radius 1 is 1.47 bits per heavy atom. The average Bonchev–Trinajstić information content (AvgIpc) is 2.59. The molecule has 1 aromatic carbocycles. The van der Waals surface area contributed by atoms with Crippen molar-refractivity contribution in [3.8, 4) is 0 Å². The first-order valence-electron chi connectivity index (χ1n) is 4.35. The third kappa shape index (κ3) is 1.87. The zero-order valence-electron chi connectivity index (χ0n) is 7.70. The normalized spacial score (nSPS) is 11.3. The van der Waals surface area contributed by atoms with Crippen LogP contribution in [0.4, 0.5) is 0 Å². The summed E-state index contributed by atoms with van der Waals surface area (Å²) in [6.07, 6.45) is 4.37. The van der Waals surface area contributed by atoms with Crippen LogP contribution >= 0.6 is 11.6 Å². The highest BCUT2D eigenvalue weighted by Crippen LogP contribution is 2.25. The van der Waals surface area contributed by atoms with Gasteiger partial charge in [-0.1, -0.05) is 23.7 Å². The topological polar surface area (TPSA) is 53.1 Å². The van der Waals surface area contributed by atoms with E-state index in [1.54, 1.807) is 12.3 Å². The monoisotopic (exact) mass is 221 g/mol. The largest absolute Gasteiger partial charge is 0.478 e. The Morgan fingerprint density at radius 2 is 2.27 bits per heavy atom. The van der Waals surface area contributed by atoms with Gasteiger partial charge in [0, 0.05) is 23.2 Å². The van der Waals surface area contributed by atoms with Crippen molar-refractivity contribution in [2.75, 3.05) is 0 Å². The van der Waals surface area contributed by atoms with Crippen molar-refractivity contribution in [3.63, 3.8) is 0 Å². The predicted octanol–water partition coefficient (Wildman–Crippen LogP) is 2.92. The van der Waals surface area contributed by atoms with E-state index in [4.69, 9.17) is 16.7 Å². The van der Waals surface area contributed by atoms with Crippen LogP contribution in [0.2, 0.25) is 5.02 Å². The molecule has 3 nitrogen and oxygen atoms in total. The SMILES string of the molecule is O=C(O)/C=C/c1c[nH]c2c(Cl)cccc12. The van der Waals surface area contributed by atoms with E-state index in [9.17, 15) is 4.79 Å². The molecular formula is C11H8ClNO2. The van der Waals surface area contributed by atoms with Gasteiger partial charge in [0.05, 0.1) is 10.5 Å². The molecule has 2 N–H and O–H groups in total. The number of para-hydroxylation sites is 1. The van der Waals surface area contributed by atoms with Crippen LogP contribution in [0.5, 0.6) is 0 Å². The number of hydrogen-bond donors (Lipinski definition) is 2. The van der Waals surface area contributed by atoms with E-state index >= 15 is 0 Å². The molecule has 15 heavy (non-hydrogen) atoms. The number of hydrogen-bond acceptors (Lipinski definition) is 1. The number of aromatic nitrogens is 1. The summed E-state index contributed by atoms with van der Waals surface area (Å²) in [7, 11) is 0. The predicted molar refractivity (Wildman–Crippen MR) is 60.0 cm³/mol. The molecule has 0 radical (unpaired) electrons. The summed E-state index contributed by atoms with van der Waals surface area (Å²) < 4.78 is 0. The molecule has 0 amide bonds. The summed E-state index contributed by atoms with van der Waals surface area (Å²) in [5.74, 6) is -0.966. The Morgan fingerprint density at radius 3 is 3.00 bits per heavy atom. The third-order valence-electron chi connectivity index (χ3n) is 2.10. The Balaban J connectivity index is 2.54. The number of aliphatic carboxylic acids is 1. The number of H-pyrrole nitrogens is 1. The first kappa shape index (κ1) is 9.80. The Hall–Kier alpha value is -1.74. The van der Waals surface area contributed by atoms with Crippen LogP contribution in [-0.4, -0.2) is 16.1 Å². The molecular weight excluding hydrogens is 214 g/mol. The lowest BCUT2D eigenvalue weighted by Crippen LogP contribution is -1.84. The molecule has 0 unspecified atom stereocenters. The fourth-order valence-corrected chi connectivity index (χ4v) is 1.67. The minimum atomic E-state index is -0.966. The number of nitrogens with one attached hydrogen (secondary N) is 1. The van der Waals surface area contributed by atoms with Crippen LogP contribution in [0.15, 0.2) is 30.5 Å². The smallest absolute Gasteiger partial charge is 0.328 e. The van der Waals surface area contributed by atoms with Crippen molar-refractivity contribution in [1.82, 2.24) is 4.98 Å². The molecule has 2 rings (SSSR count). The Bertz CT molecular complexity index is 543. The van der Waals surface area contributed by atoms with Gasteiger partial charge in [-0.2, -0.15) is 0 Å². The number of carbonyl (C=O) groups is 1.